The molecule has 0 radical (unpaired) electrons. The lowest BCUT2D eigenvalue weighted by Gasteiger charge is -2.08. The number of cyclic esters (lactones) is 1. The minimum absolute atomic E-state index is 0.186. The molecule has 0 aromatic heterocycles. The van der Waals surface area contributed by atoms with E-state index >= 15 is 0 Å². The van der Waals surface area contributed by atoms with E-state index in [9.17, 15) is 9.59 Å². The van der Waals surface area contributed by atoms with Gasteiger partial charge in [-0.2, -0.15) is 0 Å². The van der Waals surface area contributed by atoms with Crippen molar-refractivity contribution >= 4 is 23.9 Å². The van der Waals surface area contributed by atoms with Crippen LogP contribution < -0.4 is 9.47 Å². The highest BCUT2D eigenvalue weighted by molar-refractivity contribution is 6.13. The van der Waals surface area contributed by atoms with Crippen molar-refractivity contribution < 1.29 is 23.8 Å². The third kappa shape index (κ3) is 3.64. The van der Waals surface area contributed by atoms with Crippen molar-refractivity contribution in [1.29, 1.82) is 0 Å². The molecule has 2 aromatic rings. The summed E-state index contributed by atoms with van der Waals surface area (Å²) in [5.74, 6) is -0.000325. The maximum absolute atomic E-state index is 12.1. The fourth-order valence-electron chi connectivity index (χ4n) is 2.51. The van der Waals surface area contributed by atoms with Gasteiger partial charge in [-0.25, -0.2) is 9.79 Å². The number of methoxy groups -OCH3 is 1. The first-order valence-electron chi connectivity index (χ1n) is 7.93. The highest BCUT2D eigenvalue weighted by Crippen LogP contribution is 2.30. The second-order valence-electron chi connectivity index (χ2n) is 5.65. The molecule has 6 heteroatoms. The number of hydrogen-bond donors (Lipinski definition) is 0. The Morgan fingerprint density at radius 3 is 2.62 bits per heavy atom. The Bertz CT molecular complexity index is 943. The zero-order chi connectivity index (χ0) is 18.7. The van der Waals surface area contributed by atoms with Crippen molar-refractivity contribution in [1.82, 2.24) is 0 Å². The van der Waals surface area contributed by atoms with E-state index in [4.69, 9.17) is 14.2 Å². The van der Waals surface area contributed by atoms with Gasteiger partial charge in [0.05, 0.1) is 7.11 Å². The minimum atomic E-state index is -0.522. The van der Waals surface area contributed by atoms with E-state index in [1.54, 1.807) is 24.3 Å². The van der Waals surface area contributed by atoms with Crippen LogP contribution in [0.5, 0.6) is 11.5 Å². The number of aliphatic imine (C=N–C) groups is 1. The topological polar surface area (TPSA) is 74.2 Å². The predicted octanol–water partition coefficient (Wildman–Crippen LogP) is 3.27. The van der Waals surface area contributed by atoms with Gasteiger partial charge in [-0.05, 0) is 42.3 Å². The Labute approximate surface area is 150 Å². The maximum atomic E-state index is 12.1. The molecule has 1 aliphatic heterocycles. The van der Waals surface area contributed by atoms with Crippen LogP contribution in [0, 0.1) is 6.92 Å². The Morgan fingerprint density at radius 2 is 1.92 bits per heavy atom. The van der Waals surface area contributed by atoms with Crippen LogP contribution in [0.3, 0.4) is 0 Å². The van der Waals surface area contributed by atoms with E-state index in [-0.39, 0.29) is 11.6 Å². The van der Waals surface area contributed by atoms with E-state index in [1.807, 2.05) is 31.2 Å². The summed E-state index contributed by atoms with van der Waals surface area (Å²) >= 11 is 0. The van der Waals surface area contributed by atoms with E-state index in [2.05, 4.69) is 4.99 Å². The average Bonchev–Trinajstić information content (AvgIpc) is 2.96. The van der Waals surface area contributed by atoms with Crippen LogP contribution in [0.15, 0.2) is 53.2 Å². The highest BCUT2D eigenvalue weighted by atomic mass is 16.6. The lowest BCUT2D eigenvalue weighted by molar-refractivity contribution is -0.132. The zero-order valence-corrected chi connectivity index (χ0v) is 14.6. The molecule has 0 spiro atoms. The number of ether oxygens (including phenoxy) is 3. The number of rotatable bonds is 4. The molecule has 0 unspecified atom stereocenters. The van der Waals surface area contributed by atoms with Gasteiger partial charge in [-0.15, -0.1) is 0 Å². The Hall–Kier alpha value is -3.41. The Kier molecular flexibility index (Phi) is 4.84. The van der Waals surface area contributed by atoms with Crippen LogP contribution in [-0.4, -0.2) is 24.9 Å². The van der Waals surface area contributed by atoms with Crippen molar-refractivity contribution in [2.45, 2.75) is 13.8 Å². The third-order valence-corrected chi connectivity index (χ3v) is 3.74. The summed E-state index contributed by atoms with van der Waals surface area (Å²) in [5.41, 5.74) is 2.59. The summed E-state index contributed by atoms with van der Waals surface area (Å²) in [6.45, 7) is 3.23. The van der Waals surface area contributed by atoms with Crippen molar-refractivity contribution in [2.24, 2.45) is 4.99 Å². The molecule has 0 saturated heterocycles. The molecule has 26 heavy (non-hydrogen) atoms. The van der Waals surface area contributed by atoms with E-state index in [0.717, 1.165) is 11.1 Å². The maximum Gasteiger partial charge on any atom is 0.363 e. The molecular formula is C20H17NO5. The number of benzene rings is 2. The molecular weight excluding hydrogens is 334 g/mol. The van der Waals surface area contributed by atoms with Gasteiger partial charge >= 0.3 is 11.9 Å². The van der Waals surface area contributed by atoms with Crippen molar-refractivity contribution in [3.05, 3.63) is 64.9 Å². The van der Waals surface area contributed by atoms with Crippen molar-refractivity contribution in [2.75, 3.05) is 7.11 Å². The second kappa shape index (κ2) is 7.23. The summed E-state index contributed by atoms with van der Waals surface area (Å²) in [7, 11) is 1.47. The van der Waals surface area contributed by atoms with Gasteiger partial charge in [0, 0.05) is 12.5 Å². The summed E-state index contributed by atoms with van der Waals surface area (Å²) in [5, 5.41) is 0. The molecule has 2 aromatic carbocycles. The van der Waals surface area contributed by atoms with Crippen LogP contribution >= 0.6 is 0 Å². The number of aryl methyl sites for hydroxylation is 1. The summed E-state index contributed by atoms with van der Waals surface area (Å²) < 4.78 is 15.6. The fourth-order valence-corrected chi connectivity index (χ4v) is 2.51. The smallest absolute Gasteiger partial charge is 0.363 e. The van der Waals surface area contributed by atoms with Gasteiger partial charge in [-0.1, -0.05) is 24.3 Å². The largest absolute Gasteiger partial charge is 0.493 e. The highest BCUT2D eigenvalue weighted by Gasteiger charge is 2.25. The molecule has 1 heterocycles. The SMILES string of the molecule is COc1cc(C=C2N=C(c3ccccc3C)OC2=O)ccc1OC(C)=O. The summed E-state index contributed by atoms with van der Waals surface area (Å²) in [6.07, 6.45) is 1.59. The number of esters is 2. The first-order chi connectivity index (χ1) is 12.5. The van der Waals surface area contributed by atoms with E-state index in [0.29, 0.717) is 17.1 Å². The fraction of sp³-hybridized carbons (Fsp3) is 0.150. The molecule has 0 fully saturated rings. The normalized spacial score (nSPS) is 14.8. The minimum Gasteiger partial charge on any atom is -0.493 e. The predicted molar refractivity (Wildman–Crippen MR) is 96.1 cm³/mol. The number of nitrogens with zero attached hydrogens (tertiary/aromatic N) is 1. The van der Waals surface area contributed by atoms with Crippen LogP contribution in [0.2, 0.25) is 0 Å². The first kappa shape index (κ1) is 17.4. The lowest BCUT2D eigenvalue weighted by Crippen LogP contribution is -2.06. The van der Waals surface area contributed by atoms with E-state index < -0.39 is 11.9 Å². The molecule has 0 atom stereocenters. The third-order valence-electron chi connectivity index (χ3n) is 3.74. The molecule has 0 bridgehead atoms. The van der Waals surface area contributed by atoms with Crippen LogP contribution in [0.25, 0.3) is 6.08 Å². The van der Waals surface area contributed by atoms with Crippen LogP contribution in [0.4, 0.5) is 0 Å². The average molecular weight is 351 g/mol. The molecule has 0 amide bonds. The standard InChI is InChI=1S/C20H17NO5/c1-12-6-4-5-7-15(12)19-21-16(20(23)26-19)10-14-8-9-17(25-13(2)22)18(11-14)24-3/h4-11H,1-3H3. The van der Waals surface area contributed by atoms with Gasteiger partial charge in [0.15, 0.2) is 17.2 Å². The Morgan fingerprint density at radius 1 is 1.15 bits per heavy atom. The Balaban J connectivity index is 1.93. The summed E-state index contributed by atoms with van der Waals surface area (Å²) in [4.78, 5) is 27.6. The zero-order valence-electron chi connectivity index (χ0n) is 14.6. The number of hydrogen-bond acceptors (Lipinski definition) is 6. The van der Waals surface area contributed by atoms with Crippen molar-refractivity contribution in [3.63, 3.8) is 0 Å². The monoisotopic (exact) mass is 351 g/mol. The van der Waals surface area contributed by atoms with Crippen molar-refractivity contribution in [3.8, 4) is 11.5 Å². The quantitative estimate of drug-likeness (QED) is 0.480. The lowest BCUT2D eigenvalue weighted by atomic mass is 10.1. The molecule has 6 nitrogen and oxygen atoms in total. The number of carbonyl (C=O) groups is 2. The molecule has 0 saturated carbocycles. The van der Waals surface area contributed by atoms with Gasteiger partial charge in [-0.3, -0.25) is 4.79 Å². The molecule has 3 rings (SSSR count). The van der Waals surface area contributed by atoms with Gasteiger partial charge in [0.25, 0.3) is 0 Å². The molecule has 1 aliphatic rings. The van der Waals surface area contributed by atoms with E-state index in [1.165, 1.54) is 14.0 Å². The second-order valence-corrected chi connectivity index (χ2v) is 5.65. The molecule has 0 aliphatic carbocycles. The van der Waals surface area contributed by atoms with Gasteiger partial charge in [0.2, 0.25) is 5.90 Å². The first-order valence-corrected chi connectivity index (χ1v) is 7.93. The summed E-state index contributed by atoms with van der Waals surface area (Å²) in [6, 6.07) is 12.5. The number of carbonyl (C=O) groups excluding carboxylic acids is 2. The van der Waals surface area contributed by atoms with Crippen LogP contribution in [0.1, 0.15) is 23.6 Å². The molecule has 0 N–H and O–H groups in total. The van der Waals surface area contributed by atoms with Gasteiger partial charge in [0.1, 0.15) is 0 Å². The van der Waals surface area contributed by atoms with Crippen LogP contribution in [-0.2, 0) is 14.3 Å². The molecule has 132 valence electrons. The van der Waals surface area contributed by atoms with Gasteiger partial charge < -0.3 is 14.2 Å².